The van der Waals surface area contributed by atoms with Gasteiger partial charge in [-0.15, -0.1) is 11.3 Å². The van der Waals surface area contributed by atoms with Gasteiger partial charge in [-0.25, -0.2) is 0 Å². The lowest BCUT2D eigenvalue weighted by molar-refractivity contribution is -0.137. The summed E-state index contributed by atoms with van der Waals surface area (Å²) in [5.41, 5.74) is 0.883. The van der Waals surface area contributed by atoms with Crippen LogP contribution in [0.3, 0.4) is 0 Å². The molecule has 0 saturated carbocycles. The van der Waals surface area contributed by atoms with Crippen LogP contribution >= 0.6 is 11.3 Å². The highest BCUT2D eigenvalue weighted by molar-refractivity contribution is 7.21. The van der Waals surface area contributed by atoms with E-state index in [1.807, 2.05) is 25.1 Å². The molecule has 0 spiro atoms. The van der Waals surface area contributed by atoms with Gasteiger partial charge in [-0.3, -0.25) is 9.59 Å². The van der Waals surface area contributed by atoms with Gasteiger partial charge in [0.2, 0.25) is 0 Å². The predicted molar refractivity (Wildman–Crippen MR) is 82.3 cm³/mol. The Morgan fingerprint density at radius 2 is 2.14 bits per heavy atom. The number of carbonyl (C=O) groups is 2. The lowest BCUT2D eigenvalue weighted by atomic mass is 10.1. The quantitative estimate of drug-likeness (QED) is 0.890. The molecule has 0 bridgehead atoms. The van der Waals surface area contributed by atoms with E-state index in [2.05, 4.69) is 5.32 Å². The van der Waals surface area contributed by atoms with Crippen LogP contribution < -0.4 is 10.1 Å². The van der Waals surface area contributed by atoms with Crippen LogP contribution in [-0.4, -0.2) is 30.1 Å². The van der Waals surface area contributed by atoms with E-state index in [4.69, 9.17) is 9.84 Å². The van der Waals surface area contributed by atoms with E-state index in [0.717, 1.165) is 21.4 Å². The molecule has 0 aliphatic rings. The molecule has 2 N–H and O–H groups in total. The molecule has 2 aromatic rings. The second kappa shape index (κ2) is 6.13. The van der Waals surface area contributed by atoms with Crippen molar-refractivity contribution in [1.29, 1.82) is 0 Å². The normalized spacial score (nSPS) is 12.1. The minimum atomic E-state index is -0.930. The highest BCUT2D eigenvalue weighted by Crippen LogP contribution is 2.33. The number of carboxylic acids is 1. The zero-order chi connectivity index (χ0) is 15.6. The van der Waals surface area contributed by atoms with Gasteiger partial charge in [0.1, 0.15) is 5.75 Å². The molecule has 0 aliphatic carbocycles. The summed E-state index contributed by atoms with van der Waals surface area (Å²) in [6, 6.07) is 5.27. The monoisotopic (exact) mass is 307 g/mol. The van der Waals surface area contributed by atoms with Crippen molar-refractivity contribution in [2.45, 2.75) is 26.3 Å². The van der Waals surface area contributed by atoms with Crippen molar-refractivity contribution in [3.8, 4) is 5.75 Å². The van der Waals surface area contributed by atoms with Gasteiger partial charge in [-0.1, -0.05) is 0 Å². The number of hydrogen-bond donors (Lipinski definition) is 2. The van der Waals surface area contributed by atoms with Crippen LogP contribution in [0.2, 0.25) is 0 Å². The van der Waals surface area contributed by atoms with E-state index in [1.54, 1.807) is 14.0 Å². The van der Waals surface area contributed by atoms with Crippen LogP contribution in [0.25, 0.3) is 10.1 Å². The first-order valence-corrected chi connectivity index (χ1v) is 7.33. The Kier molecular flexibility index (Phi) is 4.47. The number of carbonyl (C=O) groups excluding carboxylic acids is 1. The van der Waals surface area contributed by atoms with Crippen LogP contribution in [0.1, 0.15) is 28.6 Å². The third-order valence-electron chi connectivity index (χ3n) is 3.21. The maximum absolute atomic E-state index is 12.3. The van der Waals surface area contributed by atoms with Crippen LogP contribution in [0.15, 0.2) is 18.2 Å². The fourth-order valence-electron chi connectivity index (χ4n) is 2.15. The van der Waals surface area contributed by atoms with E-state index in [1.165, 1.54) is 11.3 Å². The average molecular weight is 307 g/mol. The van der Waals surface area contributed by atoms with Crippen molar-refractivity contribution in [3.63, 3.8) is 0 Å². The number of benzene rings is 1. The Morgan fingerprint density at radius 1 is 1.43 bits per heavy atom. The number of aliphatic carboxylic acids is 1. The fourth-order valence-corrected chi connectivity index (χ4v) is 3.24. The first-order chi connectivity index (χ1) is 9.92. The summed E-state index contributed by atoms with van der Waals surface area (Å²) in [6.45, 7) is 3.56. The number of aryl methyl sites for hydroxylation is 1. The highest BCUT2D eigenvalue weighted by Gasteiger charge is 2.18. The van der Waals surface area contributed by atoms with Crippen molar-refractivity contribution in [2.24, 2.45) is 0 Å². The maximum Gasteiger partial charge on any atom is 0.305 e. The minimum Gasteiger partial charge on any atom is -0.497 e. The molecule has 0 fully saturated rings. The van der Waals surface area contributed by atoms with Gasteiger partial charge in [0, 0.05) is 10.7 Å². The second-order valence-electron chi connectivity index (χ2n) is 4.89. The number of ether oxygens (including phenoxy) is 1. The number of amides is 1. The fraction of sp³-hybridized carbons (Fsp3) is 0.333. The van der Waals surface area contributed by atoms with Gasteiger partial charge in [-0.2, -0.15) is 0 Å². The molecule has 1 aromatic heterocycles. The number of hydrogen-bond acceptors (Lipinski definition) is 4. The summed E-state index contributed by atoms with van der Waals surface area (Å²) < 4.78 is 6.20. The molecular formula is C15H17NO4S. The van der Waals surface area contributed by atoms with Gasteiger partial charge in [0.15, 0.2) is 0 Å². The Hall–Kier alpha value is -2.08. The largest absolute Gasteiger partial charge is 0.497 e. The summed E-state index contributed by atoms with van der Waals surface area (Å²) in [7, 11) is 1.60. The van der Waals surface area contributed by atoms with Gasteiger partial charge in [0.25, 0.3) is 5.91 Å². The predicted octanol–water partition coefficient (Wildman–Crippen LogP) is 2.81. The second-order valence-corrected chi connectivity index (χ2v) is 5.94. The lowest BCUT2D eigenvalue weighted by Crippen LogP contribution is -2.34. The number of nitrogens with one attached hydrogen (secondary N) is 1. The Morgan fingerprint density at radius 3 is 2.76 bits per heavy atom. The van der Waals surface area contributed by atoms with Crippen molar-refractivity contribution in [2.75, 3.05) is 7.11 Å². The Balaban J connectivity index is 2.27. The van der Waals surface area contributed by atoms with Gasteiger partial charge in [0.05, 0.1) is 18.4 Å². The van der Waals surface area contributed by atoms with Crippen molar-refractivity contribution in [1.82, 2.24) is 5.32 Å². The molecule has 0 aliphatic heterocycles. The highest BCUT2D eigenvalue weighted by atomic mass is 32.1. The molecule has 1 aromatic carbocycles. The van der Waals surface area contributed by atoms with Crippen LogP contribution in [0, 0.1) is 6.92 Å². The zero-order valence-electron chi connectivity index (χ0n) is 12.1. The molecule has 0 saturated heterocycles. The summed E-state index contributed by atoms with van der Waals surface area (Å²) >= 11 is 1.40. The average Bonchev–Trinajstić information content (AvgIpc) is 2.74. The smallest absolute Gasteiger partial charge is 0.305 e. The summed E-state index contributed by atoms with van der Waals surface area (Å²) in [6.07, 6.45) is -0.0937. The first kappa shape index (κ1) is 15.3. The molecule has 0 radical (unpaired) electrons. The molecule has 21 heavy (non-hydrogen) atoms. The van der Waals surface area contributed by atoms with Crippen LogP contribution in [0.4, 0.5) is 0 Å². The van der Waals surface area contributed by atoms with E-state index in [9.17, 15) is 9.59 Å². The number of fused-ring (bicyclic) bond motifs is 1. The molecular weight excluding hydrogens is 290 g/mol. The minimum absolute atomic E-state index is 0.0937. The SMILES string of the molecule is COc1ccc2sc(C(=O)NC(C)CC(=O)O)c(C)c2c1. The van der Waals surface area contributed by atoms with Gasteiger partial charge in [-0.05, 0) is 43.0 Å². The summed E-state index contributed by atoms with van der Waals surface area (Å²) in [5.74, 6) is -0.420. The zero-order valence-corrected chi connectivity index (χ0v) is 12.9. The summed E-state index contributed by atoms with van der Waals surface area (Å²) in [5, 5.41) is 12.4. The maximum atomic E-state index is 12.3. The van der Waals surface area contributed by atoms with Gasteiger partial charge >= 0.3 is 5.97 Å². The van der Waals surface area contributed by atoms with Crippen LogP contribution in [-0.2, 0) is 4.79 Å². The third-order valence-corrected chi connectivity index (χ3v) is 4.48. The molecule has 1 heterocycles. The molecule has 6 heteroatoms. The van der Waals surface area contributed by atoms with E-state index in [-0.39, 0.29) is 12.3 Å². The molecule has 5 nitrogen and oxygen atoms in total. The Labute approximate surface area is 126 Å². The van der Waals surface area contributed by atoms with Gasteiger partial charge < -0.3 is 15.2 Å². The van der Waals surface area contributed by atoms with Crippen molar-refractivity contribution >= 4 is 33.3 Å². The van der Waals surface area contributed by atoms with E-state index >= 15 is 0 Å². The molecule has 1 unspecified atom stereocenters. The van der Waals surface area contributed by atoms with Crippen molar-refractivity contribution < 1.29 is 19.4 Å². The molecule has 2 rings (SSSR count). The van der Waals surface area contributed by atoms with Crippen molar-refractivity contribution in [3.05, 3.63) is 28.6 Å². The summed E-state index contributed by atoms with van der Waals surface area (Å²) in [4.78, 5) is 23.5. The third kappa shape index (κ3) is 3.33. The lowest BCUT2D eigenvalue weighted by Gasteiger charge is -2.10. The van der Waals surface area contributed by atoms with Crippen LogP contribution in [0.5, 0.6) is 5.75 Å². The number of rotatable bonds is 5. The van der Waals surface area contributed by atoms with E-state index < -0.39 is 12.0 Å². The Bertz CT molecular complexity index is 692. The molecule has 1 atom stereocenters. The standard InChI is InChI=1S/C15H17NO4S/c1-8(6-13(17)18)16-15(19)14-9(2)11-7-10(20-3)4-5-12(11)21-14/h4-5,7-8H,6H2,1-3H3,(H,16,19)(H,17,18). The number of thiophene rings is 1. The molecule has 1 amide bonds. The number of carboxylic acid groups (broad SMARTS) is 1. The van der Waals surface area contributed by atoms with E-state index in [0.29, 0.717) is 4.88 Å². The topological polar surface area (TPSA) is 75.6 Å². The first-order valence-electron chi connectivity index (χ1n) is 6.52. The molecule has 112 valence electrons. The number of methoxy groups -OCH3 is 1.